The molecular formula is C16H14BN2O2. The van der Waals surface area contributed by atoms with Crippen LogP contribution in [0.4, 0.5) is 0 Å². The second kappa shape index (κ2) is 5.46. The molecule has 0 aliphatic heterocycles. The van der Waals surface area contributed by atoms with E-state index in [1.54, 1.807) is 6.07 Å². The lowest BCUT2D eigenvalue weighted by molar-refractivity contribution is 0.100. The average molecular weight is 277 g/mol. The topological polar surface area (TPSA) is 68.2 Å². The summed E-state index contributed by atoms with van der Waals surface area (Å²) in [5.41, 5.74) is 8.80. The lowest BCUT2D eigenvalue weighted by atomic mass is 9.88. The number of rotatable bonds is 4. The summed E-state index contributed by atoms with van der Waals surface area (Å²) in [7, 11) is 1.08. The largest absolute Gasteiger partial charge is 0.450 e. The van der Waals surface area contributed by atoms with Gasteiger partial charge in [-0.25, -0.2) is 0 Å². The zero-order valence-electron chi connectivity index (χ0n) is 11.4. The first-order chi connectivity index (χ1) is 10.2. The van der Waals surface area contributed by atoms with Gasteiger partial charge in [-0.05, 0) is 23.8 Å². The number of carbonyl (C=O) groups is 1. The van der Waals surface area contributed by atoms with Crippen molar-refractivity contribution in [3.63, 3.8) is 0 Å². The standard InChI is InChI=1S/C16H14BN2O2/c18-16(20)14-2-1-3-15-13(14)8-9-19(15)10-11-4-6-12(17-21)7-5-11/h1-9,21H,10H2,(H2,18,20). The van der Waals surface area contributed by atoms with Gasteiger partial charge in [0.25, 0.3) is 0 Å². The van der Waals surface area contributed by atoms with Crippen molar-refractivity contribution >= 4 is 29.8 Å². The highest BCUT2D eigenvalue weighted by atomic mass is 16.2. The molecule has 0 unspecified atom stereocenters. The minimum Gasteiger partial charge on any atom is -0.450 e. The SMILES string of the molecule is NC(=O)c1cccc2c1ccn2Cc1ccc([B]O)cc1. The van der Waals surface area contributed by atoms with E-state index >= 15 is 0 Å². The van der Waals surface area contributed by atoms with Crippen LogP contribution < -0.4 is 11.2 Å². The molecule has 5 heteroatoms. The third-order valence-corrected chi connectivity index (χ3v) is 3.56. The second-order valence-electron chi connectivity index (χ2n) is 4.92. The van der Waals surface area contributed by atoms with Crippen LogP contribution in [0.15, 0.2) is 54.7 Å². The van der Waals surface area contributed by atoms with Gasteiger partial charge < -0.3 is 15.3 Å². The van der Waals surface area contributed by atoms with E-state index < -0.39 is 5.91 Å². The van der Waals surface area contributed by atoms with Crippen molar-refractivity contribution in [3.05, 3.63) is 65.9 Å². The second-order valence-corrected chi connectivity index (χ2v) is 4.92. The highest BCUT2D eigenvalue weighted by Crippen LogP contribution is 2.21. The molecule has 3 rings (SSSR count). The summed E-state index contributed by atoms with van der Waals surface area (Å²) in [5, 5.41) is 9.80. The van der Waals surface area contributed by atoms with Crippen LogP contribution >= 0.6 is 0 Å². The molecule has 0 saturated carbocycles. The molecule has 0 fully saturated rings. The summed E-state index contributed by atoms with van der Waals surface area (Å²) >= 11 is 0. The van der Waals surface area contributed by atoms with Crippen molar-refractivity contribution < 1.29 is 9.82 Å². The number of nitrogens with two attached hydrogens (primary N) is 1. The van der Waals surface area contributed by atoms with Gasteiger partial charge in [0.05, 0.1) is 0 Å². The highest BCUT2D eigenvalue weighted by Gasteiger charge is 2.09. The predicted molar refractivity (Wildman–Crippen MR) is 83.6 cm³/mol. The fourth-order valence-electron chi connectivity index (χ4n) is 2.48. The maximum absolute atomic E-state index is 11.4. The molecule has 1 aromatic heterocycles. The fourth-order valence-corrected chi connectivity index (χ4v) is 2.48. The average Bonchev–Trinajstić information content (AvgIpc) is 2.91. The van der Waals surface area contributed by atoms with Crippen molar-refractivity contribution in [2.24, 2.45) is 5.73 Å². The first-order valence-corrected chi connectivity index (χ1v) is 6.63. The molecular weight excluding hydrogens is 263 g/mol. The zero-order chi connectivity index (χ0) is 14.8. The molecule has 0 saturated heterocycles. The molecule has 2 aromatic carbocycles. The first-order valence-electron chi connectivity index (χ1n) is 6.63. The van der Waals surface area contributed by atoms with E-state index in [9.17, 15) is 4.79 Å². The molecule has 1 heterocycles. The van der Waals surface area contributed by atoms with Gasteiger partial charge >= 0.3 is 7.48 Å². The molecule has 3 N–H and O–H groups in total. The van der Waals surface area contributed by atoms with Gasteiger partial charge in [-0.15, -0.1) is 0 Å². The summed E-state index contributed by atoms with van der Waals surface area (Å²) in [6.45, 7) is 0.692. The van der Waals surface area contributed by atoms with E-state index in [2.05, 4.69) is 4.57 Å². The Morgan fingerprint density at radius 3 is 2.57 bits per heavy atom. The van der Waals surface area contributed by atoms with E-state index in [1.165, 1.54) is 0 Å². The maximum Gasteiger partial charge on any atom is 0.326 e. The van der Waals surface area contributed by atoms with E-state index in [1.807, 2.05) is 48.7 Å². The summed E-state index contributed by atoms with van der Waals surface area (Å²) in [4.78, 5) is 11.4. The van der Waals surface area contributed by atoms with Gasteiger partial charge in [-0.2, -0.15) is 0 Å². The Labute approximate surface area is 123 Å². The zero-order valence-corrected chi connectivity index (χ0v) is 11.4. The van der Waals surface area contributed by atoms with E-state index in [-0.39, 0.29) is 0 Å². The van der Waals surface area contributed by atoms with Crippen LogP contribution in [0, 0.1) is 0 Å². The quantitative estimate of drug-likeness (QED) is 0.699. The Bertz CT molecular complexity index is 794. The fraction of sp³-hybridized carbons (Fsp3) is 0.0625. The van der Waals surface area contributed by atoms with Crippen molar-refractivity contribution in [2.75, 3.05) is 0 Å². The van der Waals surface area contributed by atoms with Gasteiger partial charge in [0.15, 0.2) is 0 Å². The number of primary amides is 1. The van der Waals surface area contributed by atoms with E-state index in [0.717, 1.165) is 29.4 Å². The summed E-state index contributed by atoms with van der Waals surface area (Å²) < 4.78 is 2.07. The number of nitrogens with zero attached hydrogens (tertiary/aromatic N) is 1. The molecule has 0 aliphatic carbocycles. The van der Waals surface area contributed by atoms with Crippen LogP contribution in [0.2, 0.25) is 0 Å². The monoisotopic (exact) mass is 277 g/mol. The third-order valence-electron chi connectivity index (χ3n) is 3.56. The van der Waals surface area contributed by atoms with Crippen molar-refractivity contribution in [2.45, 2.75) is 6.54 Å². The Morgan fingerprint density at radius 2 is 1.90 bits per heavy atom. The van der Waals surface area contributed by atoms with Crippen LogP contribution in [0.3, 0.4) is 0 Å². The van der Waals surface area contributed by atoms with Gasteiger partial charge in [-0.3, -0.25) is 4.79 Å². The molecule has 21 heavy (non-hydrogen) atoms. The lowest BCUT2D eigenvalue weighted by Gasteiger charge is -2.07. The molecule has 4 nitrogen and oxygen atoms in total. The summed E-state index contributed by atoms with van der Waals surface area (Å²) in [6.07, 6.45) is 1.95. The molecule has 1 radical (unpaired) electrons. The third kappa shape index (κ3) is 2.55. The van der Waals surface area contributed by atoms with Crippen LogP contribution in [-0.4, -0.2) is 23.0 Å². The Balaban J connectivity index is 1.97. The van der Waals surface area contributed by atoms with Crippen LogP contribution in [0.5, 0.6) is 0 Å². The summed E-state index contributed by atoms with van der Waals surface area (Å²) in [5.74, 6) is -0.416. The van der Waals surface area contributed by atoms with Gasteiger partial charge in [0.2, 0.25) is 5.91 Å². The molecule has 0 bridgehead atoms. The number of amides is 1. The maximum atomic E-state index is 11.4. The highest BCUT2D eigenvalue weighted by molar-refractivity contribution is 6.45. The van der Waals surface area contributed by atoms with Crippen LogP contribution in [0.25, 0.3) is 10.9 Å². The van der Waals surface area contributed by atoms with E-state index in [0.29, 0.717) is 12.1 Å². The smallest absolute Gasteiger partial charge is 0.326 e. The minimum absolute atomic E-state index is 0.416. The van der Waals surface area contributed by atoms with Gasteiger partial charge in [0.1, 0.15) is 0 Å². The number of benzene rings is 2. The number of fused-ring (bicyclic) bond motifs is 1. The molecule has 3 aromatic rings. The number of hydrogen-bond donors (Lipinski definition) is 2. The molecule has 1 amide bonds. The Morgan fingerprint density at radius 1 is 1.14 bits per heavy atom. The summed E-state index contributed by atoms with van der Waals surface area (Å²) in [6, 6.07) is 15.1. The molecule has 0 spiro atoms. The first kappa shape index (κ1) is 13.5. The van der Waals surface area contributed by atoms with Gasteiger partial charge in [0, 0.05) is 29.2 Å². The molecule has 0 aliphatic rings. The lowest BCUT2D eigenvalue weighted by Crippen LogP contribution is -2.13. The Kier molecular flexibility index (Phi) is 3.50. The van der Waals surface area contributed by atoms with E-state index in [4.69, 9.17) is 10.8 Å². The molecule has 0 atom stereocenters. The Hall–Kier alpha value is -2.53. The van der Waals surface area contributed by atoms with Crippen molar-refractivity contribution in [3.8, 4) is 0 Å². The van der Waals surface area contributed by atoms with Gasteiger partial charge in [-0.1, -0.05) is 35.8 Å². The predicted octanol–water partition coefficient (Wildman–Crippen LogP) is 1.03. The van der Waals surface area contributed by atoms with Crippen molar-refractivity contribution in [1.82, 2.24) is 4.57 Å². The normalized spacial score (nSPS) is 10.7. The number of hydrogen-bond acceptors (Lipinski definition) is 2. The van der Waals surface area contributed by atoms with Crippen LogP contribution in [0.1, 0.15) is 15.9 Å². The number of carbonyl (C=O) groups excluding carboxylic acids is 1. The molecule has 103 valence electrons. The number of aromatic nitrogens is 1. The van der Waals surface area contributed by atoms with Crippen molar-refractivity contribution in [1.29, 1.82) is 0 Å². The minimum atomic E-state index is -0.416. The van der Waals surface area contributed by atoms with Crippen LogP contribution in [-0.2, 0) is 6.54 Å².